The molecule has 1 fully saturated rings. The van der Waals surface area contributed by atoms with Crippen LogP contribution in [0.2, 0.25) is 10.0 Å². The van der Waals surface area contributed by atoms with Crippen molar-refractivity contribution in [2.24, 2.45) is 0 Å². The van der Waals surface area contributed by atoms with Crippen LogP contribution in [0.15, 0.2) is 42.5 Å². The number of piperidine rings is 1. The molecule has 1 aliphatic rings. The molecule has 1 saturated heterocycles. The van der Waals surface area contributed by atoms with Crippen LogP contribution in [-0.2, 0) is 11.0 Å². The predicted octanol–water partition coefficient (Wildman–Crippen LogP) is 6.04. The van der Waals surface area contributed by atoms with Crippen LogP contribution >= 0.6 is 23.2 Å². The second kappa shape index (κ2) is 8.31. The first kappa shape index (κ1) is 21.0. The van der Waals surface area contributed by atoms with Crippen LogP contribution in [0, 0.1) is 0 Å². The van der Waals surface area contributed by atoms with Crippen LogP contribution in [0.3, 0.4) is 0 Å². The maximum Gasteiger partial charge on any atom is 0.416 e. The summed E-state index contributed by atoms with van der Waals surface area (Å²) in [7, 11) is 0. The van der Waals surface area contributed by atoms with Crippen LogP contribution < -0.4 is 0 Å². The Morgan fingerprint density at radius 3 is 2.39 bits per heavy atom. The number of likely N-dealkylation sites (tertiary alicyclic amines) is 1. The number of carbonyl (C=O) groups is 1. The summed E-state index contributed by atoms with van der Waals surface area (Å²) in [6.07, 6.45) is -2.60. The Morgan fingerprint density at radius 1 is 1.11 bits per heavy atom. The lowest BCUT2D eigenvalue weighted by Gasteiger charge is -2.40. The van der Waals surface area contributed by atoms with Gasteiger partial charge in [0.25, 0.3) is 0 Å². The van der Waals surface area contributed by atoms with E-state index >= 15 is 0 Å². The van der Waals surface area contributed by atoms with Gasteiger partial charge in [-0.3, -0.25) is 9.69 Å². The largest absolute Gasteiger partial charge is 0.480 e. The van der Waals surface area contributed by atoms with Gasteiger partial charge < -0.3 is 5.11 Å². The van der Waals surface area contributed by atoms with E-state index in [0.29, 0.717) is 23.6 Å². The quantitative estimate of drug-likeness (QED) is 0.641. The number of hydrogen-bond acceptors (Lipinski definition) is 2. The molecule has 0 spiro atoms. The Morgan fingerprint density at radius 2 is 1.79 bits per heavy atom. The summed E-state index contributed by atoms with van der Waals surface area (Å²) in [6.45, 7) is 0.441. The van der Waals surface area contributed by atoms with Crippen molar-refractivity contribution >= 4 is 29.2 Å². The summed E-state index contributed by atoms with van der Waals surface area (Å²) in [4.78, 5) is 13.5. The number of alkyl halides is 3. The molecule has 28 heavy (non-hydrogen) atoms. The Kier molecular flexibility index (Phi) is 6.22. The molecule has 150 valence electrons. The number of carboxylic acid groups (broad SMARTS) is 1. The molecule has 1 aliphatic heterocycles. The van der Waals surface area contributed by atoms with Crippen LogP contribution in [0.1, 0.15) is 42.0 Å². The van der Waals surface area contributed by atoms with Crippen LogP contribution in [0.4, 0.5) is 13.2 Å². The van der Waals surface area contributed by atoms with Crippen molar-refractivity contribution in [1.29, 1.82) is 0 Å². The van der Waals surface area contributed by atoms with Crippen molar-refractivity contribution in [2.75, 3.05) is 6.54 Å². The van der Waals surface area contributed by atoms with Crippen molar-refractivity contribution in [3.05, 3.63) is 69.2 Å². The lowest BCUT2D eigenvalue weighted by Crippen LogP contribution is -2.47. The number of halogens is 5. The van der Waals surface area contributed by atoms with Gasteiger partial charge in [-0.25, -0.2) is 0 Å². The van der Waals surface area contributed by atoms with Crippen LogP contribution in [0.5, 0.6) is 0 Å². The standard InChI is InChI=1S/C20H18Cl2F3NO2/c21-14-7-4-12(5-8-14)18(26-10-2-1-3-17(26)19(27)28)15-11-13(20(23,24)25)6-9-16(15)22/h4-9,11,17-18H,1-3,10H2,(H,27,28). The molecule has 0 aromatic heterocycles. The molecule has 0 saturated carbocycles. The van der Waals surface area contributed by atoms with Crippen molar-refractivity contribution in [2.45, 2.75) is 37.5 Å². The Labute approximate surface area is 170 Å². The van der Waals surface area contributed by atoms with Gasteiger partial charge in [-0.05, 0) is 60.8 Å². The third-order valence-corrected chi connectivity index (χ3v) is 5.56. The summed E-state index contributed by atoms with van der Waals surface area (Å²) < 4.78 is 39.9. The minimum atomic E-state index is -4.53. The van der Waals surface area contributed by atoms with E-state index < -0.39 is 29.8 Å². The summed E-state index contributed by atoms with van der Waals surface area (Å²) in [6, 6.07) is 8.26. The summed E-state index contributed by atoms with van der Waals surface area (Å²) in [5, 5.41) is 10.3. The monoisotopic (exact) mass is 431 g/mol. The molecule has 2 aromatic rings. The van der Waals surface area contributed by atoms with E-state index in [-0.39, 0.29) is 10.6 Å². The average Bonchev–Trinajstić information content (AvgIpc) is 2.64. The summed E-state index contributed by atoms with van der Waals surface area (Å²) in [5.74, 6) is -0.998. The second-order valence-electron chi connectivity index (χ2n) is 6.78. The van der Waals surface area contributed by atoms with Crippen LogP contribution in [0.25, 0.3) is 0 Å². The van der Waals surface area contributed by atoms with Gasteiger partial charge in [-0.1, -0.05) is 41.8 Å². The minimum Gasteiger partial charge on any atom is -0.480 e. The fourth-order valence-electron chi connectivity index (χ4n) is 3.65. The minimum absolute atomic E-state index is 0.155. The average molecular weight is 432 g/mol. The van der Waals surface area contributed by atoms with E-state index in [1.165, 1.54) is 6.07 Å². The van der Waals surface area contributed by atoms with Crippen LogP contribution in [-0.4, -0.2) is 28.6 Å². The van der Waals surface area contributed by atoms with Gasteiger partial charge in [-0.2, -0.15) is 13.2 Å². The molecule has 0 radical (unpaired) electrons. The highest BCUT2D eigenvalue weighted by atomic mass is 35.5. The van der Waals surface area contributed by atoms with Crippen molar-refractivity contribution in [3.8, 4) is 0 Å². The van der Waals surface area contributed by atoms with E-state index in [0.717, 1.165) is 25.0 Å². The summed E-state index contributed by atoms with van der Waals surface area (Å²) >= 11 is 12.3. The van der Waals surface area contributed by atoms with Crippen molar-refractivity contribution in [3.63, 3.8) is 0 Å². The number of benzene rings is 2. The molecule has 8 heteroatoms. The highest BCUT2D eigenvalue weighted by Crippen LogP contribution is 2.40. The molecule has 1 N–H and O–H groups in total. The fraction of sp³-hybridized carbons (Fsp3) is 0.350. The van der Waals surface area contributed by atoms with Gasteiger partial charge in [0.05, 0.1) is 11.6 Å². The molecule has 3 rings (SSSR count). The molecule has 3 nitrogen and oxygen atoms in total. The lowest BCUT2D eigenvalue weighted by atomic mass is 9.91. The van der Waals surface area contributed by atoms with Crippen molar-refractivity contribution in [1.82, 2.24) is 4.90 Å². The maximum absolute atomic E-state index is 13.3. The molecule has 2 unspecified atom stereocenters. The zero-order valence-corrected chi connectivity index (χ0v) is 16.2. The predicted molar refractivity (Wildman–Crippen MR) is 102 cm³/mol. The number of carboxylic acids is 1. The highest BCUT2D eigenvalue weighted by molar-refractivity contribution is 6.31. The van der Waals surface area contributed by atoms with Gasteiger partial charge >= 0.3 is 12.1 Å². The Hall–Kier alpha value is -1.76. The molecule has 0 bridgehead atoms. The van der Waals surface area contributed by atoms with Gasteiger partial charge in [0.1, 0.15) is 6.04 Å². The molecule has 0 aliphatic carbocycles. The number of aliphatic carboxylic acids is 1. The fourth-order valence-corrected chi connectivity index (χ4v) is 4.00. The van der Waals surface area contributed by atoms with Gasteiger partial charge in [-0.15, -0.1) is 0 Å². The Balaban J connectivity index is 2.17. The second-order valence-corrected chi connectivity index (χ2v) is 7.62. The lowest BCUT2D eigenvalue weighted by molar-refractivity contribution is -0.145. The molecular weight excluding hydrogens is 414 g/mol. The van der Waals surface area contributed by atoms with Crippen molar-refractivity contribution < 1.29 is 23.1 Å². The SMILES string of the molecule is O=C(O)C1CCCCN1C(c1ccc(Cl)cc1)c1cc(C(F)(F)F)ccc1Cl. The van der Waals surface area contributed by atoms with E-state index in [1.54, 1.807) is 29.2 Å². The number of nitrogens with zero attached hydrogens (tertiary/aromatic N) is 1. The Bertz CT molecular complexity index is 856. The first-order valence-electron chi connectivity index (χ1n) is 8.79. The summed E-state index contributed by atoms with van der Waals surface area (Å²) in [5.41, 5.74) is 0.0421. The van der Waals surface area contributed by atoms with Gasteiger partial charge in [0.2, 0.25) is 0 Å². The maximum atomic E-state index is 13.3. The molecule has 1 heterocycles. The first-order chi connectivity index (χ1) is 13.2. The van der Waals surface area contributed by atoms with E-state index in [1.807, 2.05) is 0 Å². The molecule has 0 amide bonds. The normalized spacial score (nSPS) is 19.4. The topological polar surface area (TPSA) is 40.5 Å². The van der Waals surface area contributed by atoms with E-state index in [4.69, 9.17) is 23.2 Å². The zero-order valence-electron chi connectivity index (χ0n) is 14.7. The smallest absolute Gasteiger partial charge is 0.416 e. The first-order valence-corrected chi connectivity index (χ1v) is 9.54. The highest BCUT2D eigenvalue weighted by Gasteiger charge is 2.37. The molecule has 2 atom stereocenters. The third-order valence-electron chi connectivity index (χ3n) is 4.96. The third kappa shape index (κ3) is 4.45. The van der Waals surface area contributed by atoms with E-state index in [2.05, 4.69) is 0 Å². The van der Waals surface area contributed by atoms with Gasteiger partial charge in [0, 0.05) is 10.0 Å². The molecule has 2 aromatic carbocycles. The van der Waals surface area contributed by atoms with E-state index in [9.17, 15) is 23.1 Å². The van der Waals surface area contributed by atoms with Gasteiger partial charge in [0.15, 0.2) is 0 Å². The zero-order chi connectivity index (χ0) is 20.5. The molecular formula is C20H18Cl2F3NO2. The number of rotatable bonds is 4. The number of hydrogen-bond donors (Lipinski definition) is 1.